The Balaban J connectivity index is 2.14. The van der Waals surface area contributed by atoms with Crippen LogP contribution in [-0.2, 0) is 0 Å². The Morgan fingerprint density at radius 2 is 1.89 bits per heavy atom. The van der Waals surface area contributed by atoms with Gasteiger partial charge in [-0.1, -0.05) is 12.8 Å². The second-order valence-corrected chi connectivity index (χ2v) is 5.24. The molecule has 1 aromatic carbocycles. The minimum atomic E-state index is -0.302. The molecular formula is C14H20N2O2. The van der Waals surface area contributed by atoms with E-state index in [1.165, 1.54) is 25.7 Å². The van der Waals surface area contributed by atoms with Gasteiger partial charge in [0.1, 0.15) is 5.69 Å². The molecule has 1 saturated carbocycles. The van der Waals surface area contributed by atoms with E-state index in [1.807, 2.05) is 19.9 Å². The lowest BCUT2D eigenvalue weighted by Gasteiger charge is -2.13. The van der Waals surface area contributed by atoms with E-state index in [2.05, 4.69) is 5.32 Å². The molecule has 18 heavy (non-hydrogen) atoms. The van der Waals surface area contributed by atoms with Crippen molar-refractivity contribution in [3.05, 3.63) is 33.4 Å². The maximum atomic E-state index is 11.0. The van der Waals surface area contributed by atoms with E-state index in [0.29, 0.717) is 11.6 Å². The topological polar surface area (TPSA) is 55.2 Å². The summed E-state index contributed by atoms with van der Waals surface area (Å²) in [5.74, 6) is 0.672. The Morgan fingerprint density at radius 1 is 1.28 bits per heavy atom. The van der Waals surface area contributed by atoms with Gasteiger partial charge in [-0.05, 0) is 49.8 Å². The zero-order chi connectivity index (χ0) is 13.1. The van der Waals surface area contributed by atoms with E-state index in [1.54, 1.807) is 6.07 Å². The first-order chi connectivity index (χ1) is 8.58. The van der Waals surface area contributed by atoms with E-state index in [0.717, 1.165) is 17.7 Å². The standard InChI is InChI=1S/C14H20N2O2/c1-10-7-13(14(16(17)18)8-11(10)2)15-9-12-5-3-4-6-12/h7-8,12,15H,3-6,9H2,1-2H3. The highest BCUT2D eigenvalue weighted by Crippen LogP contribution is 2.30. The molecule has 98 valence electrons. The first kappa shape index (κ1) is 12.9. The van der Waals surface area contributed by atoms with Crippen molar-refractivity contribution in [2.75, 3.05) is 11.9 Å². The van der Waals surface area contributed by atoms with Gasteiger partial charge < -0.3 is 5.32 Å². The first-order valence-corrected chi connectivity index (χ1v) is 6.57. The van der Waals surface area contributed by atoms with Crippen LogP contribution in [0.4, 0.5) is 11.4 Å². The lowest BCUT2D eigenvalue weighted by molar-refractivity contribution is -0.384. The third-order valence-electron chi connectivity index (χ3n) is 3.86. The average Bonchev–Trinajstić information content (AvgIpc) is 2.83. The number of nitro benzene ring substituents is 1. The molecule has 0 aliphatic heterocycles. The lowest BCUT2D eigenvalue weighted by Crippen LogP contribution is -2.12. The Morgan fingerprint density at radius 3 is 2.50 bits per heavy atom. The fourth-order valence-corrected chi connectivity index (χ4v) is 2.56. The molecule has 0 spiro atoms. The van der Waals surface area contributed by atoms with Gasteiger partial charge in [-0.2, -0.15) is 0 Å². The molecule has 0 bridgehead atoms. The third-order valence-corrected chi connectivity index (χ3v) is 3.86. The monoisotopic (exact) mass is 248 g/mol. The minimum absolute atomic E-state index is 0.191. The van der Waals surface area contributed by atoms with Crippen LogP contribution >= 0.6 is 0 Å². The molecule has 0 aromatic heterocycles. The maximum absolute atomic E-state index is 11.0. The van der Waals surface area contributed by atoms with Gasteiger partial charge in [-0.25, -0.2) is 0 Å². The summed E-state index contributed by atoms with van der Waals surface area (Å²) in [5.41, 5.74) is 2.91. The smallest absolute Gasteiger partial charge is 0.292 e. The molecule has 0 heterocycles. The number of nitrogens with zero attached hydrogens (tertiary/aromatic N) is 1. The molecule has 0 atom stereocenters. The zero-order valence-electron chi connectivity index (χ0n) is 11.0. The number of hydrogen-bond donors (Lipinski definition) is 1. The van der Waals surface area contributed by atoms with Crippen LogP contribution in [0, 0.1) is 29.9 Å². The van der Waals surface area contributed by atoms with Crippen LogP contribution in [0.2, 0.25) is 0 Å². The van der Waals surface area contributed by atoms with Gasteiger partial charge in [0, 0.05) is 12.6 Å². The SMILES string of the molecule is Cc1cc(NCC2CCCC2)c([N+](=O)[O-])cc1C. The second-order valence-electron chi connectivity index (χ2n) is 5.24. The minimum Gasteiger partial charge on any atom is -0.379 e. The van der Waals surface area contributed by atoms with Crippen LogP contribution in [0.15, 0.2) is 12.1 Å². The van der Waals surface area contributed by atoms with E-state index in [-0.39, 0.29) is 10.6 Å². The fraction of sp³-hybridized carbons (Fsp3) is 0.571. The van der Waals surface area contributed by atoms with Crippen molar-refractivity contribution in [3.63, 3.8) is 0 Å². The van der Waals surface area contributed by atoms with E-state index >= 15 is 0 Å². The van der Waals surface area contributed by atoms with Crippen LogP contribution in [0.1, 0.15) is 36.8 Å². The molecule has 1 aliphatic rings. The normalized spacial score (nSPS) is 15.9. The van der Waals surface area contributed by atoms with Gasteiger partial charge in [-0.3, -0.25) is 10.1 Å². The predicted molar refractivity (Wildman–Crippen MR) is 73.0 cm³/mol. The van der Waals surface area contributed by atoms with Crippen molar-refractivity contribution in [2.45, 2.75) is 39.5 Å². The van der Waals surface area contributed by atoms with Gasteiger partial charge in [0.25, 0.3) is 5.69 Å². The Labute approximate surface area is 108 Å². The highest BCUT2D eigenvalue weighted by Gasteiger charge is 2.18. The molecule has 1 aliphatic carbocycles. The van der Waals surface area contributed by atoms with Gasteiger partial charge in [-0.15, -0.1) is 0 Å². The predicted octanol–water partition coefficient (Wildman–Crippen LogP) is 3.81. The number of nitro groups is 1. The molecule has 4 nitrogen and oxygen atoms in total. The van der Waals surface area contributed by atoms with Crippen LogP contribution in [-0.4, -0.2) is 11.5 Å². The summed E-state index contributed by atoms with van der Waals surface area (Å²) < 4.78 is 0. The highest BCUT2D eigenvalue weighted by molar-refractivity contribution is 5.64. The Kier molecular flexibility index (Phi) is 3.84. The molecular weight excluding hydrogens is 228 g/mol. The molecule has 1 aromatic rings. The molecule has 1 fully saturated rings. The average molecular weight is 248 g/mol. The molecule has 1 N–H and O–H groups in total. The highest BCUT2D eigenvalue weighted by atomic mass is 16.6. The van der Waals surface area contributed by atoms with Crippen molar-refractivity contribution < 1.29 is 4.92 Å². The summed E-state index contributed by atoms with van der Waals surface area (Å²) in [4.78, 5) is 10.7. The molecule has 0 saturated heterocycles. The summed E-state index contributed by atoms with van der Waals surface area (Å²) in [6, 6.07) is 3.55. The van der Waals surface area contributed by atoms with Gasteiger partial charge >= 0.3 is 0 Å². The quantitative estimate of drug-likeness (QED) is 0.651. The molecule has 4 heteroatoms. The number of anilines is 1. The number of hydrogen-bond acceptors (Lipinski definition) is 3. The van der Waals surface area contributed by atoms with Crippen molar-refractivity contribution in [1.82, 2.24) is 0 Å². The molecule has 0 amide bonds. The van der Waals surface area contributed by atoms with Crippen molar-refractivity contribution in [1.29, 1.82) is 0 Å². The first-order valence-electron chi connectivity index (χ1n) is 6.57. The summed E-state index contributed by atoms with van der Waals surface area (Å²) in [6.45, 7) is 4.74. The maximum Gasteiger partial charge on any atom is 0.292 e. The van der Waals surface area contributed by atoms with Gasteiger partial charge in [0.15, 0.2) is 0 Å². The largest absolute Gasteiger partial charge is 0.379 e. The third kappa shape index (κ3) is 2.81. The summed E-state index contributed by atoms with van der Waals surface area (Å²) in [7, 11) is 0. The fourth-order valence-electron chi connectivity index (χ4n) is 2.56. The van der Waals surface area contributed by atoms with Crippen molar-refractivity contribution in [2.24, 2.45) is 5.92 Å². The van der Waals surface area contributed by atoms with Crippen molar-refractivity contribution in [3.8, 4) is 0 Å². The lowest BCUT2D eigenvalue weighted by atomic mass is 10.1. The molecule has 2 rings (SSSR count). The van der Waals surface area contributed by atoms with Gasteiger partial charge in [0.2, 0.25) is 0 Å². The number of rotatable bonds is 4. The Hall–Kier alpha value is -1.58. The van der Waals surface area contributed by atoms with Crippen LogP contribution in [0.3, 0.4) is 0 Å². The number of aryl methyl sites for hydroxylation is 2. The van der Waals surface area contributed by atoms with Crippen LogP contribution < -0.4 is 5.32 Å². The van der Waals surface area contributed by atoms with Crippen LogP contribution in [0.25, 0.3) is 0 Å². The van der Waals surface area contributed by atoms with Gasteiger partial charge in [0.05, 0.1) is 4.92 Å². The molecule has 0 unspecified atom stereocenters. The Bertz CT molecular complexity index is 451. The van der Waals surface area contributed by atoms with E-state index in [9.17, 15) is 10.1 Å². The summed E-state index contributed by atoms with van der Waals surface area (Å²) in [6.07, 6.45) is 5.07. The summed E-state index contributed by atoms with van der Waals surface area (Å²) >= 11 is 0. The number of nitrogens with one attached hydrogen (secondary N) is 1. The van der Waals surface area contributed by atoms with Crippen molar-refractivity contribution >= 4 is 11.4 Å². The van der Waals surface area contributed by atoms with E-state index in [4.69, 9.17) is 0 Å². The summed E-state index contributed by atoms with van der Waals surface area (Å²) in [5, 5.41) is 14.3. The molecule has 0 radical (unpaired) electrons. The van der Waals surface area contributed by atoms with Crippen LogP contribution in [0.5, 0.6) is 0 Å². The van der Waals surface area contributed by atoms with E-state index < -0.39 is 0 Å². The number of benzene rings is 1. The zero-order valence-corrected chi connectivity index (χ0v) is 11.0. The second kappa shape index (κ2) is 5.38.